The monoisotopic (exact) mass is 268 g/mol. The van der Waals surface area contributed by atoms with Gasteiger partial charge in [-0.25, -0.2) is 4.99 Å². The van der Waals surface area contributed by atoms with Gasteiger partial charge in [0.2, 0.25) is 5.91 Å². The summed E-state index contributed by atoms with van der Waals surface area (Å²) >= 11 is 0. The lowest BCUT2D eigenvalue weighted by Crippen LogP contribution is -2.39. The highest BCUT2D eigenvalue weighted by molar-refractivity contribution is 5.84. The van der Waals surface area contributed by atoms with Crippen molar-refractivity contribution in [1.29, 1.82) is 0 Å². The molecule has 110 valence electrons. The molecule has 1 amide bonds. The number of hydrogen-bond acceptors (Lipinski definition) is 2. The van der Waals surface area contributed by atoms with Gasteiger partial charge in [-0.1, -0.05) is 31.9 Å². The van der Waals surface area contributed by atoms with Gasteiger partial charge in [0.15, 0.2) is 5.96 Å². The normalized spacial score (nSPS) is 11.1. The molecular formula is C14H28N4O. The molecule has 5 nitrogen and oxygen atoms in total. The van der Waals surface area contributed by atoms with Crippen LogP contribution in [0, 0.1) is 0 Å². The summed E-state index contributed by atoms with van der Waals surface area (Å²) in [7, 11) is 3.46. The number of nitrogens with zero attached hydrogens (tertiary/aromatic N) is 2. The van der Waals surface area contributed by atoms with Crippen LogP contribution in [0.15, 0.2) is 17.1 Å². The van der Waals surface area contributed by atoms with Gasteiger partial charge in [0, 0.05) is 27.2 Å². The molecule has 0 radical (unpaired) electrons. The zero-order chi connectivity index (χ0) is 14.7. The second-order valence-corrected chi connectivity index (χ2v) is 4.90. The minimum Gasteiger partial charge on any atom is -0.356 e. The van der Waals surface area contributed by atoms with Gasteiger partial charge in [-0.05, 0) is 13.3 Å². The van der Waals surface area contributed by atoms with Gasteiger partial charge in [0.05, 0.1) is 0 Å². The minimum atomic E-state index is -0.00927. The van der Waals surface area contributed by atoms with E-state index in [0.717, 1.165) is 18.5 Å². The fraction of sp³-hybridized carbons (Fsp3) is 0.714. The minimum absolute atomic E-state index is 0.00927. The van der Waals surface area contributed by atoms with Gasteiger partial charge >= 0.3 is 0 Å². The van der Waals surface area contributed by atoms with E-state index < -0.39 is 0 Å². The van der Waals surface area contributed by atoms with Gasteiger partial charge in [-0.3, -0.25) is 4.79 Å². The summed E-state index contributed by atoms with van der Waals surface area (Å²) in [6, 6.07) is 0. The molecule has 0 aromatic heterocycles. The van der Waals surface area contributed by atoms with Crippen molar-refractivity contribution in [2.45, 2.75) is 33.1 Å². The molecule has 0 atom stereocenters. The van der Waals surface area contributed by atoms with E-state index in [0.29, 0.717) is 12.5 Å². The molecule has 19 heavy (non-hydrogen) atoms. The lowest BCUT2D eigenvalue weighted by molar-refractivity contribution is -0.127. The van der Waals surface area contributed by atoms with Gasteiger partial charge < -0.3 is 15.5 Å². The van der Waals surface area contributed by atoms with E-state index in [4.69, 9.17) is 0 Å². The molecule has 2 N–H and O–H groups in total. The molecule has 0 fully saturated rings. The Kier molecular flexibility index (Phi) is 9.57. The largest absolute Gasteiger partial charge is 0.356 e. The maximum atomic E-state index is 11.5. The van der Waals surface area contributed by atoms with Gasteiger partial charge in [0.25, 0.3) is 0 Å². The number of nitrogens with one attached hydrogen (secondary N) is 2. The maximum absolute atomic E-state index is 11.5. The van der Waals surface area contributed by atoms with Crippen LogP contribution in [0.4, 0.5) is 0 Å². The maximum Gasteiger partial charge on any atom is 0.243 e. The Hall–Kier alpha value is -1.52. The van der Waals surface area contributed by atoms with E-state index in [-0.39, 0.29) is 12.5 Å². The highest BCUT2D eigenvalue weighted by atomic mass is 16.2. The number of carbonyl (C=O) groups excluding carboxylic acids is 1. The number of amides is 1. The van der Waals surface area contributed by atoms with Crippen molar-refractivity contribution in [3.05, 3.63) is 12.2 Å². The molecular weight excluding hydrogens is 240 g/mol. The van der Waals surface area contributed by atoms with Crippen molar-refractivity contribution in [2.24, 2.45) is 4.99 Å². The van der Waals surface area contributed by atoms with Crippen molar-refractivity contribution in [2.75, 3.05) is 33.7 Å². The summed E-state index contributed by atoms with van der Waals surface area (Å²) in [5.74, 6) is 0.666. The van der Waals surface area contributed by atoms with E-state index in [1.807, 2.05) is 6.92 Å². The van der Waals surface area contributed by atoms with Crippen LogP contribution >= 0.6 is 0 Å². The molecule has 0 aliphatic carbocycles. The molecule has 0 unspecified atom stereocenters. The first kappa shape index (κ1) is 17.5. The van der Waals surface area contributed by atoms with Gasteiger partial charge in [0.1, 0.15) is 6.54 Å². The van der Waals surface area contributed by atoms with E-state index in [1.165, 1.54) is 17.7 Å². The summed E-state index contributed by atoms with van der Waals surface area (Å²) in [5.41, 5.74) is 1.03. The predicted molar refractivity (Wildman–Crippen MR) is 81.3 cm³/mol. The SMILES string of the molecule is C=C(C)CNC(=NCC(=O)N(C)C)NCCCCC. The second kappa shape index (κ2) is 10.4. The highest BCUT2D eigenvalue weighted by Gasteiger charge is 2.04. The van der Waals surface area contributed by atoms with Crippen molar-refractivity contribution in [3.8, 4) is 0 Å². The fourth-order valence-corrected chi connectivity index (χ4v) is 1.28. The molecule has 0 aliphatic heterocycles. The summed E-state index contributed by atoms with van der Waals surface area (Å²) in [6.07, 6.45) is 3.48. The van der Waals surface area contributed by atoms with E-state index in [9.17, 15) is 4.79 Å². The lowest BCUT2D eigenvalue weighted by Gasteiger charge is -2.13. The first-order valence-electron chi connectivity index (χ1n) is 6.84. The molecule has 0 aromatic carbocycles. The summed E-state index contributed by atoms with van der Waals surface area (Å²) < 4.78 is 0. The number of unbranched alkanes of at least 4 members (excludes halogenated alkanes) is 2. The van der Waals surface area contributed by atoms with Crippen LogP contribution in [0.3, 0.4) is 0 Å². The summed E-state index contributed by atoms with van der Waals surface area (Å²) in [4.78, 5) is 17.3. The van der Waals surface area contributed by atoms with Crippen LogP contribution < -0.4 is 10.6 Å². The quantitative estimate of drug-likeness (QED) is 0.303. The number of carbonyl (C=O) groups is 1. The molecule has 0 aliphatic rings. The van der Waals surface area contributed by atoms with Crippen LogP contribution in [0.25, 0.3) is 0 Å². The molecule has 0 saturated carbocycles. The Morgan fingerprint density at radius 1 is 1.26 bits per heavy atom. The van der Waals surface area contributed by atoms with Crippen LogP contribution in [0.5, 0.6) is 0 Å². The zero-order valence-corrected chi connectivity index (χ0v) is 12.8. The molecule has 0 spiro atoms. The number of likely N-dealkylation sites (N-methyl/N-ethyl adjacent to an activating group) is 1. The van der Waals surface area contributed by atoms with Crippen molar-refractivity contribution >= 4 is 11.9 Å². The van der Waals surface area contributed by atoms with E-state index in [2.05, 4.69) is 29.1 Å². The lowest BCUT2D eigenvalue weighted by atomic mass is 10.2. The highest BCUT2D eigenvalue weighted by Crippen LogP contribution is 1.91. The Morgan fingerprint density at radius 3 is 2.47 bits per heavy atom. The van der Waals surface area contributed by atoms with Crippen LogP contribution in [0.2, 0.25) is 0 Å². The first-order valence-corrected chi connectivity index (χ1v) is 6.84. The second-order valence-electron chi connectivity index (χ2n) is 4.90. The van der Waals surface area contributed by atoms with Crippen LogP contribution in [0.1, 0.15) is 33.1 Å². The fourth-order valence-electron chi connectivity index (χ4n) is 1.28. The smallest absolute Gasteiger partial charge is 0.243 e. The van der Waals surface area contributed by atoms with Crippen molar-refractivity contribution in [3.63, 3.8) is 0 Å². The standard InChI is InChI=1S/C14H28N4O/c1-6-7-8-9-15-14(16-10-12(2)3)17-11-13(19)18(4)5/h2,6-11H2,1,3-5H3,(H2,15,16,17). The topological polar surface area (TPSA) is 56.7 Å². The van der Waals surface area contributed by atoms with E-state index in [1.54, 1.807) is 14.1 Å². The molecule has 0 saturated heterocycles. The summed E-state index contributed by atoms with van der Waals surface area (Å²) in [5, 5.41) is 6.39. The number of aliphatic imine (C=N–C) groups is 1. The molecule has 0 aromatic rings. The molecule has 0 bridgehead atoms. The third-order valence-electron chi connectivity index (χ3n) is 2.50. The number of guanidine groups is 1. The Labute approximate surface area is 117 Å². The Balaban J connectivity index is 4.26. The molecule has 5 heteroatoms. The number of hydrogen-bond donors (Lipinski definition) is 2. The van der Waals surface area contributed by atoms with Crippen LogP contribution in [-0.4, -0.2) is 50.5 Å². The zero-order valence-electron chi connectivity index (χ0n) is 12.8. The Morgan fingerprint density at radius 2 is 1.95 bits per heavy atom. The summed E-state index contributed by atoms with van der Waals surface area (Å²) in [6.45, 7) is 9.65. The third-order valence-corrected chi connectivity index (χ3v) is 2.50. The average Bonchev–Trinajstić information content (AvgIpc) is 2.35. The predicted octanol–water partition coefficient (Wildman–Crippen LogP) is 1.38. The van der Waals surface area contributed by atoms with E-state index >= 15 is 0 Å². The average molecular weight is 268 g/mol. The Bertz CT molecular complexity index is 311. The molecule has 0 heterocycles. The van der Waals surface area contributed by atoms with Crippen molar-refractivity contribution < 1.29 is 4.79 Å². The number of rotatable bonds is 8. The first-order chi connectivity index (χ1) is 8.97. The van der Waals surface area contributed by atoms with Crippen molar-refractivity contribution in [1.82, 2.24) is 15.5 Å². The van der Waals surface area contributed by atoms with Gasteiger partial charge in [-0.2, -0.15) is 0 Å². The van der Waals surface area contributed by atoms with Gasteiger partial charge in [-0.15, -0.1) is 0 Å². The third kappa shape index (κ3) is 10.1. The molecule has 0 rings (SSSR count). The van der Waals surface area contributed by atoms with Crippen LogP contribution in [-0.2, 0) is 4.79 Å².